The maximum atomic E-state index is 11.8. The topological polar surface area (TPSA) is 55.1 Å². The van der Waals surface area contributed by atoms with E-state index in [0.717, 1.165) is 19.4 Å². The Bertz CT molecular complexity index is 221. The highest BCUT2D eigenvalue weighted by atomic mass is 16.1. The van der Waals surface area contributed by atoms with Gasteiger partial charge >= 0.3 is 0 Å². The van der Waals surface area contributed by atoms with E-state index >= 15 is 0 Å². The average Bonchev–Trinajstić information content (AvgIpc) is 2.22. The van der Waals surface area contributed by atoms with Gasteiger partial charge in [-0.2, -0.15) is 0 Å². The molecular weight excluding hydrogens is 212 g/mol. The van der Waals surface area contributed by atoms with Gasteiger partial charge in [-0.1, -0.05) is 41.0 Å². The molecule has 0 saturated carbocycles. The minimum atomic E-state index is 0.169. The van der Waals surface area contributed by atoms with Gasteiger partial charge in [0.15, 0.2) is 0 Å². The zero-order valence-electron chi connectivity index (χ0n) is 12.2. The molecule has 1 amide bonds. The maximum absolute atomic E-state index is 11.8. The van der Waals surface area contributed by atoms with E-state index in [1.165, 1.54) is 0 Å². The molecule has 17 heavy (non-hydrogen) atoms. The van der Waals surface area contributed by atoms with Crippen LogP contribution in [0, 0.1) is 17.3 Å². The molecule has 0 fully saturated rings. The van der Waals surface area contributed by atoms with Crippen molar-refractivity contribution in [3.8, 4) is 0 Å². The molecule has 0 aliphatic rings. The van der Waals surface area contributed by atoms with Gasteiger partial charge in [-0.05, 0) is 30.2 Å². The lowest BCUT2D eigenvalue weighted by atomic mass is 9.80. The van der Waals surface area contributed by atoms with E-state index in [2.05, 4.69) is 39.9 Å². The highest BCUT2D eigenvalue weighted by Gasteiger charge is 2.22. The average molecular weight is 242 g/mol. The lowest BCUT2D eigenvalue weighted by molar-refractivity contribution is -0.122. The third kappa shape index (κ3) is 7.37. The summed E-state index contributed by atoms with van der Waals surface area (Å²) >= 11 is 0. The molecule has 0 aliphatic heterocycles. The third-order valence-corrected chi connectivity index (χ3v) is 3.71. The molecule has 0 saturated heterocycles. The maximum Gasteiger partial charge on any atom is 0.220 e. The molecule has 2 unspecified atom stereocenters. The summed E-state index contributed by atoms with van der Waals surface area (Å²) in [6.07, 6.45) is 2.68. The molecule has 0 aliphatic carbocycles. The fraction of sp³-hybridized carbons (Fsp3) is 0.929. The lowest BCUT2D eigenvalue weighted by Crippen LogP contribution is -2.33. The van der Waals surface area contributed by atoms with Crippen LogP contribution in [0.5, 0.6) is 0 Å². The minimum absolute atomic E-state index is 0.169. The first-order valence-electron chi connectivity index (χ1n) is 6.78. The summed E-state index contributed by atoms with van der Waals surface area (Å²) in [5, 5.41) is 3.03. The zero-order valence-corrected chi connectivity index (χ0v) is 12.2. The molecule has 0 heterocycles. The monoisotopic (exact) mass is 242 g/mol. The van der Waals surface area contributed by atoms with E-state index in [1.807, 2.05) is 0 Å². The predicted molar refractivity (Wildman–Crippen MR) is 73.7 cm³/mol. The van der Waals surface area contributed by atoms with Crippen LogP contribution in [0.25, 0.3) is 0 Å². The van der Waals surface area contributed by atoms with Crippen molar-refractivity contribution in [1.82, 2.24) is 5.32 Å². The van der Waals surface area contributed by atoms with Gasteiger partial charge in [0.05, 0.1) is 0 Å². The fourth-order valence-electron chi connectivity index (χ4n) is 1.60. The summed E-state index contributed by atoms with van der Waals surface area (Å²) in [5.41, 5.74) is 5.73. The third-order valence-electron chi connectivity index (χ3n) is 3.71. The molecule has 3 N–H and O–H groups in total. The Labute approximate surface area is 107 Å². The van der Waals surface area contributed by atoms with Crippen molar-refractivity contribution < 1.29 is 4.79 Å². The number of hydrogen-bond donors (Lipinski definition) is 2. The van der Waals surface area contributed by atoms with Crippen molar-refractivity contribution in [3.63, 3.8) is 0 Å². The Hall–Kier alpha value is -0.570. The summed E-state index contributed by atoms with van der Waals surface area (Å²) in [7, 11) is 0. The van der Waals surface area contributed by atoms with Crippen molar-refractivity contribution >= 4 is 5.91 Å². The molecule has 0 aromatic heterocycles. The molecule has 0 bridgehead atoms. The first kappa shape index (κ1) is 16.4. The van der Waals surface area contributed by atoms with Crippen molar-refractivity contribution in [2.24, 2.45) is 23.0 Å². The first-order chi connectivity index (χ1) is 7.81. The van der Waals surface area contributed by atoms with Crippen LogP contribution in [-0.4, -0.2) is 19.0 Å². The molecule has 102 valence electrons. The first-order valence-corrected chi connectivity index (χ1v) is 6.78. The van der Waals surface area contributed by atoms with Crippen LogP contribution in [0.2, 0.25) is 0 Å². The number of rotatable bonds is 7. The summed E-state index contributed by atoms with van der Waals surface area (Å²) in [6, 6.07) is 0. The molecule has 0 radical (unpaired) electrons. The predicted octanol–water partition coefficient (Wildman–Crippen LogP) is 2.55. The van der Waals surface area contributed by atoms with E-state index in [4.69, 9.17) is 5.73 Å². The van der Waals surface area contributed by atoms with Gasteiger partial charge in [-0.3, -0.25) is 4.79 Å². The van der Waals surface area contributed by atoms with Crippen LogP contribution in [0.3, 0.4) is 0 Å². The van der Waals surface area contributed by atoms with Crippen molar-refractivity contribution in [2.75, 3.05) is 13.1 Å². The van der Waals surface area contributed by atoms with E-state index in [-0.39, 0.29) is 11.3 Å². The second kappa shape index (κ2) is 7.70. The van der Waals surface area contributed by atoms with Crippen LogP contribution >= 0.6 is 0 Å². The largest absolute Gasteiger partial charge is 0.356 e. The van der Waals surface area contributed by atoms with E-state index in [9.17, 15) is 4.79 Å². The molecule has 0 aromatic carbocycles. The quantitative estimate of drug-likeness (QED) is 0.721. The number of nitrogens with two attached hydrogens (primary N) is 1. The Balaban J connectivity index is 3.94. The normalized spacial score (nSPS) is 15.4. The second-order valence-electron chi connectivity index (χ2n) is 6.13. The molecule has 3 heteroatoms. The van der Waals surface area contributed by atoms with Crippen molar-refractivity contribution in [2.45, 2.75) is 53.9 Å². The molecule has 0 aromatic rings. The standard InChI is InChI=1S/C14H30N2O/c1-6-12(7-8-15)10-16-13(17)9-11(2)14(3,4)5/h11-12H,6-10,15H2,1-5H3,(H,16,17). The molecule has 0 spiro atoms. The number of carbonyl (C=O) groups excluding carboxylic acids is 1. The van der Waals surface area contributed by atoms with Gasteiger partial charge in [0, 0.05) is 13.0 Å². The Morgan fingerprint density at radius 1 is 1.35 bits per heavy atom. The van der Waals surface area contributed by atoms with Crippen molar-refractivity contribution in [1.29, 1.82) is 0 Å². The summed E-state index contributed by atoms with van der Waals surface area (Å²) in [5.74, 6) is 1.09. The number of carbonyl (C=O) groups is 1. The van der Waals surface area contributed by atoms with Gasteiger partial charge < -0.3 is 11.1 Å². The van der Waals surface area contributed by atoms with Gasteiger partial charge in [0.2, 0.25) is 5.91 Å². The molecule has 0 rings (SSSR count). The number of nitrogens with one attached hydrogen (secondary N) is 1. The Kier molecular flexibility index (Phi) is 7.44. The van der Waals surface area contributed by atoms with Gasteiger partial charge in [0.25, 0.3) is 0 Å². The second-order valence-corrected chi connectivity index (χ2v) is 6.13. The fourth-order valence-corrected chi connectivity index (χ4v) is 1.60. The smallest absolute Gasteiger partial charge is 0.220 e. The van der Waals surface area contributed by atoms with Crippen LogP contribution in [0.15, 0.2) is 0 Å². The number of hydrogen-bond acceptors (Lipinski definition) is 2. The van der Waals surface area contributed by atoms with Crippen LogP contribution in [0.1, 0.15) is 53.9 Å². The summed E-state index contributed by atoms with van der Waals surface area (Å²) < 4.78 is 0. The Morgan fingerprint density at radius 2 is 1.94 bits per heavy atom. The van der Waals surface area contributed by atoms with E-state index in [1.54, 1.807) is 0 Å². The summed E-state index contributed by atoms with van der Waals surface area (Å²) in [6.45, 7) is 12.3. The van der Waals surface area contributed by atoms with Crippen LogP contribution in [0.4, 0.5) is 0 Å². The van der Waals surface area contributed by atoms with E-state index < -0.39 is 0 Å². The Morgan fingerprint density at radius 3 is 2.35 bits per heavy atom. The minimum Gasteiger partial charge on any atom is -0.356 e. The van der Waals surface area contributed by atoms with Crippen LogP contribution < -0.4 is 11.1 Å². The zero-order chi connectivity index (χ0) is 13.5. The van der Waals surface area contributed by atoms with Crippen LogP contribution in [-0.2, 0) is 4.79 Å². The highest BCUT2D eigenvalue weighted by molar-refractivity contribution is 5.76. The molecule has 2 atom stereocenters. The lowest BCUT2D eigenvalue weighted by Gasteiger charge is -2.27. The van der Waals surface area contributed by atoms with Gasteiger partial charge in [0.1, 0.15) is 0 Å². The highest BCUT2D eigenvalue weighted by Crippen LogP contribution is 2.27. The van der Waals surface area contributed by atoms with Gasteiger partial charge in [-0.15, -0.1) is 0 Å². The SMILES string of the molecule is CCC(CCN)CNC(=O)CC(C)C(C)(C)C. The van der Waals surface area contributed by atoms with Gasteiger partial charge in [-0.25, -0.2) is 0 Å². The summed E-state index contributed by atoms with van der Waals surface area (Å²) in [4.78, 5) is 11.8. The van der Waals surface area contributed by atoms with E-state index in [0.29, 0.717) is 24.8 Å². The molecular formula is C14H30N2O. The number of amides is 1. The molecule has 3 nitrogen and oxygen atoms in total. The van der Waals surface area contributed by atoms with Crippen molar-refractivity contribution in [3.05, 3.63) is 0 Å².